The maximum absolute atomic E-state index is 13.0. The highest BCUT2D eigenvalue weighted by atomic mass is 35.5. The first-order valence-electron chi connectivity index (χ1n) is 12.4. The van der Waals surface area contributed by atoms with Crippen LogP contribution in [-0.4, -0.2) is 28.5 Å². The standard InChI is InChI=1S/C28H28ClN3O3S/c1-2-35-28(34)25-19-8-3-4-11-23(19)36-27(25)32-24(33)12-7-9-18-20-16-17(29)13-14-21(20)31-26(18)22-10-5-6-15-30-22/h5-6,10,13-16,31H,2-4,7-9,11-12H2,1H3,(H,32,33). The van der Waals surface area contributed by atoms with Crippen molar-refractivity contribution >= 4 is 50.7 Å². The van der Waals surface area contributed by atoms with E-state index in [9.17, 15) is 9.59 Å². The highest BCUT2D eigenvalue weighted by Gasteiger charge is 2.27. The Morgan fingerprint density at radius 3 is 2.86 bits per heavy atom. The van der Waals surface area contributed by atoms with Crippen LogP contribution in [0.2, 0.25) is 5.02 Å². The molecule has 36 heavy (non-hydrogen) atoms. The molecule has 0 spiro atoms. The molecule has 0 fully saturated rings. The smallest absolute Gasteiger partial charge is 0.341 e. The summed E-state index contributed by atoms with van der Waals surface area (Å²) in [6.07, 6.45) is 7.40. The van der Waals surface area contributed by atoms with E-state index in [-0.39, 0.29) is 11.9 Å². The van der Waals surface area contributed by atoms with Gasteiger partial charge in [0.2, 0.25) is 5.91 Å². The molecule has 3 heterocycles. The van der Waals surface area contributed by atoms with Gasteiger partial charge in [-0.2, -0.15) is 0 Å². The molecule has 3 aromatic heterocycles. The summed E-state index contributed by atoms with van der Waals surface area (Å²) in [5.41, 5.74) is 5.49. The first-order chi connectivity index (χ1) is 17.5. The molecule has 0 radical (unpaired) electrons. The van der Waals surface area contributed by atoms with Crippen molar-refractivity contribution in [2.45, 2.75) is 51.9 Å². The minimum absolute atomic E-state index is 0.101. The average Bonchev–Trinajstić information content (AvgIpc) is 3.42. The molecular weight excluding hydrogens is 494 g/mol. The van der Waals surface area contributed by atoms with Crippen LogP contribution in [0.15, 0.2) is 42.6 Å². The minimum Gasteiger partial charge on any atom is -0.462 e. The van der Waals surface area contributed by atoms with E-state index >= 15 is 0 Å². The molecule has 186 valence electrons. The zero-order valence-corrected chi connectivity index (χ0v) is 21.7. The van der Waals surface area contributed by atoms with Gasteiger partial charge in [0.15, 0.2) is 0 Å². The monoisotopic (exact) mass is 521 g/mol. The topological polar surface area (TPSA) is 84.1 Å². The molecule has 1 aliphatic rings. The number of rotatable bonds is 8. The predicted octanol–water partition coefficient (Wildman–Crippen LogP) is 6.96. The fourth-order valence-corrected chi connectivity index (χ4v) is 6.36. The summed E-state index contributed by atoms with van der Waals surface area (Å²) in [6, 6.07) is 11.6. The van der Waals surface area contributed by atoms with Crippen molar-refractivity contribution < 1.29 is 14.3 Å². The van der Waals surface area contributed by atoms with Gasteiger partial charge in [-0.05, 0) is 86.9 Å². The van der Waals surface area contributed by atoms with Crippen molar-refractivity contribution in [1.29, 1.82) is 0 Å². The number of carbonyl (C=O) groups excluding carboxylic acids is 2. The zero-order valence-electron chi connectivity index (χ0n) is 20.2. The molecule has 0 unspecified atom stereocenters. The Morgan fingerprint density at radius 1 is 1.19 bits per heavy atom. The lowest BCUT2D eigenvalue weighted by atomic mass is 9.95. The van der Waals surface area contributed by atoms with Crippen molar-refractivity contribution in [1.82, 2.24) is 9.97 Å². The number of hydrogen-bond donors (Lipinski definition) is 2. The van der Waals surface area contributed by atoms with Crippen molar-refractivity contribution in [2.75, 3.05) is 11.9 Å². The molecule has 0 bridgehead atoms. The molecule has 0 atom stereocenters. The summed E-state index contributed by atoms with van der Waals surface area (Å²) >= 11 is 7.81. The molecule has 5 rings (SSSR count). The number of carbonyl (C=O) groups is 2. The molecule has 0 aliphatic heterocycles. The van der Waals surface area contributed by atoms with Crippen molar-refractivity contribution in [2.24, 2.45) is 0 Å². The minimum atomic E-state index is -0.345. The van der Waals surface area contributed by atoms with E-state index in [0.717, 1.165) is 59.1 Å². The number of nitrogens with zero attached hydrogens (tertiary/aromatic N) is 1. The number of aryl methyl sites for hydroxylation is 2. The number of pyridine rings is 1. The average molecular weight is 522 g/mol. The highest BCUT2D eigenvalue weighted by Crippen LogP contribution is 2.39. The number of aromatic amines is 1. The summed E-state index contributed by atoms with van der Waals surface area (Å²) < 4.78 is 5.31. The Hall–Kier alpha value is -3.16. The van der Waals surface area contributed by atoms with E-state index < -0.39 is 0 Å². The summed E-state index contributed by atoms with van der Waals surface area (Å²) in [6.45, 7) is 2.11. The van der Waals surface area contributed by atoms with E-state index in [0.29, 0.717) is 41.5 Å². The van der Waals surface area contributed by atoms with Gasteiger partial charge < -0.3 is 15.0 Å². The van der Waals surface area contributed by atoms with Crippen LogP contribution in [-0.2, 0) is 28.8 Å². The number of fused-ring (bicyclic) bond motifs is 2. The van der Waals surface area contributed by atoms with Gasteiger partial charge in [-0.1, -0.05) is 17.7 Å². The fraction of sp³-hybridized carbons (Fsp3) is 0.321. The Bertz CT molecular complexity index is 1410. The van der Waals surface area contributed by atoms with Crippen LogP contribution in [0.1, 0.15) is 59.0 Å². The fourth-order valence-electron chi connectivity index (χ4n) is 4.90. The van der Waals surface area contributed by atoms with Crippen molar-refractivity contribution in [3.8, 4) is 11.4 Å². The maximum atomic E-state index is 13.0. The molecule has 1 amide bonds. The maximum Gasteiger partial charge on any atom is 0.341 e. The molecule has 1 aromatic carbocycles. The van der Waals surface area contributed by atoms with Gasteiger partial charge in [-0.15, -0.1) is 11.3 Å². The number of aromatic nitrogens is 2. The number of amides is 1. The molecule has 8 heteroatoms. The summed E-state index contributed by atoms with van der Waals surface area (Å²) in [7, 11) is 0. The van der Waals surface area contributed by atoms with Gasteiger partial charge in [-0.3, -0.25) is 9.78 Å². The Morgan fingerprint density at radius 2 is 2.06 bits per heavy atom. The second kappa shape index (κ2) is 10.8. The highest BCUT2D eigenvalue weighted by molar-refractivity contribution is 7.17. The number of ether oxygens (including phenoxy) is 1. The van der Waals surface area contributed by atoms with Gasteiger partial charge in [0.1, 0.15) is 5.00 Å². The number of H-pyrrole nitrogens is 1. The van der Waals surface area contributed by atoms with E-state index in [1.165, 1.54) is 16.2 Å². The summed E-state index contributed by atoms with van der Waals surface area (Å²) in [5, 5.41) is 5.35. The predicted molar refractivity (Wildman–Crippen MR) is 145 cm³/mol. The van der Waals surface area contributed by atoms with Crippen LogP contribution in [0.25, 0.3) is 22.3 Å². The first kappa shape index (κ1) is 24.5. The number of nitrogens with one attached hydrogen (secondary N) is 2. The molecule has 2 N–H and O–H groups in total. The lowest BCUT2D eigenvalue weighted by molar-refractivity contribution is -0.116. The van der Waals surface area contributed by atoms with Crippen molar-refractivity contribution in [3.63, 3.8) is 0 Å². The third-order valence-electron chi connectivity index (χ3n) is 6.52. The van der Waals surface area contributed by atoms with Gasteiger partial charge in [0.25, 0.3) is 0 Å². The number of thiophene rings is 1. The van der Waals surface area contributed by atoms with Crippen LogP contribution in [0.4, 0.5) is 5.00 Å². The number of esters is 1. The Labute approximate surface area is 219 Å². The summed E-state index contributed by atoms with van der Waals surface area (Å²) in [5.74, 6) is -0.445. The molecule has 0 saturated carbocycles. The lowest BCUT2D eigenvalue weighted by Crippen LogP contribution is -2.15. The third-order valence-corrected chi connectivity index (χ3v) is 7.97. The van der Waals surface area contributed by atoms with Crippen LogP contribution < -0.4 is 5.32 Å². The van der Waals surface area contributed by atoms with Crippen molar-refractivity contribution in [3.05, 3.63) is 69.2 Å². The van der Waals surface area contributed by atoms with Gasteiger partial charge >= 0.3 is 5.97 Å². The zero-order chi connectivity index (χ0) is 25.1. The lowest BCUT2D eigenvalue weighted by Gasteiger charge is -2.12. The normalized spacial score (nSPS) is 12.9. The first-order valence-corrected chi connectivity index (χ1v) is 13.6. The second-order valence-corrected chi connectivity index (χ2v) is 10.5. The number of halogens is 1. The van der Waals surface area contributed by atoms with Crippen LogP contribution in [0.3, 0.4) is 0 Å². The van der Waals surface area contributed by atoms with Crippen LogP contribution >= 0.6 is 22.9 Å². The summed E-state index contributed by atoms with van der Waals surface area (Å²) in [4.78, 5) is 34.8. The van der Waals surface area contributed by atoms with Gasteiger partial charge in [-0.25, -0.2) is 4.79 Å². The van der Waals surface area contributed by atoms with Crippen LogP contribution in [0, 0.1) is 0 Å². The van der Waals surface area contributed by atoms with Crippen LogP contribution in [0.5, 0.6) is 0 Å². The quantitative estimate of drug-likeness (QED) is 0.245. The van der Waals surface area contributed by atoms with E-state index in [1.807, 2.05) is 36.4 Å². The molecule has 4 aromatic rings. The van der Waals surface area contributed by atoms with E-state index in [4.69, 9.17) is 16.3 Å². The number of benzene rings is 1. The van der Waals surface area contributed by atoms with E-state index in [2.05, 4.69) is 15.3 Å². The third kappa shape index (κ3) is 5.04. The van der Waals surface area contributed by atoms with E-state index in [1.54, 1.807) is 13.1 Å². The Kier molecular flexibility index (Phi) is 7.39. The van der Waals surface area contributed by atoms with Gasteiger partial charge in [0.05, 0.1) is 23.6 Å². The molecular formula is C28H28ClN3O3S. The number of hydrogen-bond acceptors (Lipinski definition) is 5. The molecule has 1 aliphatic carbocycles. The van der Waals surface area contributed by atoms with Gasteiger partial charge in [0, 0.05) is 33.4 Å². The largest absolute Gasteiger partial charge is 0.462 e. The number of anilines is 1. The molecule has 0 saturated heterocycles. The molecule has 6 nitrogen and oxygen atoms in total. The SMILES string of the molecule is CCOC(=O)c1c(NC(=O)CCCc2c(-c3ccccn3)[nH]c3ccc(Cl)cc23)sc2c1CCCC2. The Balaban J connectivity index is 1.33. The second-order valence-electron chi connectivity index (χ2n) is 8.92.